The van der Waals surface area contributed by atoms with Gasteiger partial charge in [-0.2, -0.15) is 0 Å². The van der Waals surface area contributed by atoms with Gasteiger partial charge < -0.3 is 29.5 Å². The summed E-state index contributed by atoms with van der Waals surface area (Å²) in [5.74, 6) is -0.228. The maximum atomic E-state index is 11.4. The normalized spacial score (nSPS) is 15.5. The number of aromatic hydroxyl groups is 1. The molecule has 0 saturated carbocycles. The summed E-state index contributed by atoms with van der Waals surface area (Å²) < 4.78 is 11.2. The van der Waals surface area contributed by atoms with Crippen LogP contribution in [0, 0.1) is 6.92 Å². The number of carbonyl (C=O) groups is 1. The van der Waals surface area contributed by atoms with Crippen molar-refractivity contribution < 1.29 is 24.5 Å². The Morgan fingerprint density at radius 3 is 2.38 bits per heavy atom. The minimum atomic E-state index is -0.530. The number of aryl methyl sites for hydroxylation is 2. The lowest BCUT2D eigenvalue weighted by atomic mass is 10.0. The average Bonchev–Trinajstić information content (AvgIpc) is 2.91. The van der Waals surface area contributed by atoms with Gasteiger partial charge in [0.25, 0.3) is 0 Å². The van der Waals surface area contributed by atoms with Gasteiger partial charge in [0, 0.05) is 44.8 Å². The number of aldehydes is 1. The first-order chi connectivity index (χ1) is 17.8. The van der Waals surface area contributed by atoms with Gasteiger partial charge in [-0.25, -0.2) is 0 Å². The van der Waals surface area contributed by atoms with Gasteiger partial charge in [0.1, 0.15) is 0 Å². The monoisotopic (exact) mass is 511 g/mol. The Labute approximate surface area is 220 Å². The first-order valence-corrected chi connectivity index (χ1v) is 12.9. The van der Waals surface area contributed by atoms with Crippen LogP contribution in [-0.4, -0.2) is 98.2 Å². The van der Waals surface area contributed by atoms with Gasteiger partial charge >= 0.3 is 0 Å². The van der Waals surface area contributed by atoms with Crippen molar-refractivity contribution in [1.29, 1.82) is 0 Å². The number of piperazine rings is 1. The lowest BCUT2D eigenvalue weighted by Crippen LogP contribution is -2.46. The van der Waals surface area contributed by atoms with Crippen LogP contribution < -0.4 is 9.47 Å². The number of methoxy groups -OCH3 is 1. The number of hydrogen-bond acceptors (Lipinski definition) is 8. The molecule has 2 aromatic rings. The number of hydrogen-bond donors (Lipinski definition) is 2. The summed E-state index contributed by atoms with van der Waals surface area (Å²) in [6.45, 7) is 9.73. The number of allylic oxidation sites excluding steroid dienone is 1. The fourth-order valence-corrected chi connectivity index (χ4v) is 4.42. The van der Waals surface area contributed by atoms with Crippen molar-refractivity contribution in [3.8, 4) is 17.2 Å². The molecule has 0 atom stereocenters. The maximum Gasteiger partial charge on any atom is 0.203 e. The number of likely N-dealkylation sites (N-methyl/N-ethyl adjacent to an activating group) is 2. The van der Waals surface area contributed by atoms with Gasteiger partial charge in [0.15, 0.2) is 29.3 Å². The highest BCUT2D eigenvalue weighted by Crippen LogP contribution is 2.41. The zero-order valence-corrected chi connectivity index (χ0v) is 22.6. The number of ether oxygens (including phenoxy) is 2. The van der Waals surface area contributed by atoms with E-state index in [-0.39, 0.29) is 23.0 Å². The van der Waals surface area contributed by atoms with Crippen molar-refractivity contribution in [3.05, 3.63) is 58.8 Å². The summed E-state index contributed by atoms with van der Waals surface area (Å²) in [6.07, 6.45) is 3.49. The van der Waals surface area contributed by atoms with E-state index in [1.54, 1.807) is 13.0 Å². The lowest BCUT2D eigenvalue weighted by molar-refractivity contribution is -0.107. The third-order valence-corrected chi connectivity index (χ3v) is 6.91. The molecule has 8 nitrogen and oxygen atoms in total. The third kappa shape index (κ3) is 8.21. The molecule has 2 N–H and O–H groups in total. The van der Waals surface area contributed by atoms with Gasteiger partial charge in [-0.3, -0.25) is 9.69 Å². The van der Waals surface area contributed by atoms with Crippen LogP contribution in [0.5, 0.6) is 17.2 Å². The van der Waals surface area contributed by atoms with Crippen LogP contribution >= 0.6 is 0 Å². The van der Waals surface area contributed by atoms with E-state index in [4.69, 9.17) is 9.47 Å². The number of unbranched alkanes of at least 4 members (excludes halogenated alkanes) is 1. The summed E-state index contributed by atoms with van der Waals surface area (Å²) in [5, 5.41) is 20.4. The maximum absolute atomic E-state index is 11.4. The predicted molar refractivity (Wildman–Crippen MR) is 146 cm³/mol. The molecule has 0 spiro atoms. The van der Waals surface area contributed by atoms with E-state index in [1.165, 1.54) is 18.7 Å². The Morgan fingerprint density at radius 2 is 1.73 bits per heavy atom. The van der Waals surface area contributed by atoms with Gasteiger partial charge in [-0.05, 0) is 64.0 Å². The lowest BCUT2D eigenvalue weighted by Gasteiger charge is -2.33. The number of benzene rings is 2. The number of nitrogens with zero attached hydrogens (tertiary/aromatic N) is 3. The molecule has 8 heteroatoms. The van der Waals surface area contributed by atoms with Gasteiger partial charge in [0.05, 0.1) is 7.11 Å². The smallest absolute Gasteiger partial charge is 0.203 e. The van der Waals surface area contributed by atoms with Crippen LogP contribution in [0.2, 0.25) is 0 Å². The molecule has 0 amide bonds. The van der Waals surface area contributed by atoms with E-state index in [0.29, 0.717) is 17.4 Å². The largest absolute Gasteiger partial charge is 0.504 e. The zero-order chi connectivity index (χ0) is 26.8. The molecule has 1 fully saturated rings. The molecule has 0 aliphatic carbocycles. The van der Waals surface area contributed by atoms with Crippen LogP contribution in [-0.2, 0) is 11.2 Å². The topological polar surface area (TPSA) is 85.7 Å². The van der Waals surface area contributed by atoms with Crippen molar-refractivity contribution in [2.75, 3.05) is 67.0 Å². The molecular weight excluding hydrogens is 470 g/mol. The number of aliphatic hydroxyl groups excluding tert-OH is 1. The molecule has 1 aliphatic rings. The molecule has 0 bridgehead atoms. The standard InChI is InChI=1S/C29H41N3O5/c1-22-8-13-25(34)29(36-4)27(22)37-28(26(35)21-33)24-11-9-23(10-12-24)7-5-6-14-30(2)15-18-32-19-16-31(3)17-20-32/h8-13,21,34-35H,5-7,14-20H2,1-4H3/b28-26+. The van der Waals surface area contributed by atoms with Crippen molar-refractivity contribution in [2.45, 2.75) is 26.2 Å². The van der Waals surface area contributed by atoms with Gasteiger partial charge in [0.2, 0.25) is 5.75 Å². The molecule has 0 radical (unpaired) electrons. The van der Waals surface area contributed by atoms with Crippen molar-refractivity contribution in [1.82, 2.24) is 14.7 Å². The summed E-state index contributed by atoms with van der Waals surface area (Å²) in [4.78, 5) is 18.7. The quantitative estimate of drug-likeness (QED) is 0.182. The fraction of sp³-hybridized carbons (Fsp3) is 0.483. The third-order valence-electron chi connectivity index (χ3n) is 6.91. The Balaban J connectivity index is 1.52. The van der Waals surface area contributed by atoms with E-state index in [1.807, 2.05) is 24.3 Å². The van der Waals surface area contributed by atoms with E-state index in [2.05, 4.69) is 28.8 Å². The zero-order valence-electron chi connectivity index (χ0n) is 22.6. The number of aliphatic hydroxyl groups is 1. The number of phenolic OH excluding ortho intramolecular Hbond substituents is 1. The first kappa shape index (κ1) is 28.5. The Morgan fingerprint density at radius 1 is 1.03 bits per heavy atom. The molecule has 0 unspecified atom stereocenters. The molecule has 0 aromatic heterocycles. The molecule has 1 saturated heterocycles. The fourth-order valence-electron chi connectivity index (χ4n) is 4.42. The molecule has 3 rings (SSSR count). The number of rotatable bonds is 13. The Bertz CT molecular complexity index is 1050. The summed E-state index contributed by atoms with van der Waals surface area (Å²) in [5.41, 5.74) is 2.43. The Kier molecular flexibility index (Phi) is 10.8. The van der Waals surface area contributed by atoms with Crippen molar-refractivity contribution in [2.24, 2.45) is 0 Å². The predicted octanol–water partition coefficient (Wildman–Crippen LogP) is 3.72. The van der Waals surface area contributed by atoms with Crippen molar-refractivity contribution in [3.63, 3.8) is 0 Å². The van der Waals surface area contributed by atoms with E-state index < -0.39 is 5.76 Å². The highest BCUT2D eigenvalue weighted by molar-refractivity contribution is 5.84. The minimum Gasteiger partial charge on any atom is -0.504 e. The van der Waals surface area contributed by atoms with Crippen LogP contribution in [0.25, 0.3) is 5.76 Å². The molecule has 37 heavy (non-hydrogen) atoms. The second-order valence-corrected chi connectivity index (χ2v) is 9.80. The van der Waals surface area contributed by atoms with Crippen LogP contribution in [0.4, 0.5) is 0 Å². The van der Waals surface area contributed by atoms with E-state index in [9.17, 15) is 15.0 Å². The number of phenols is 1. The molecular formula is C29H41N3O5. The first-order valence-electron chi connectivity index (χ1n) is 12.9. The highest BCUT2D eigenvalue weighted by atomic mass is 16.5. The summed E-state index contributed by atoms with van der Waals surface area (Å²) in [7, 11) is 5.80. The van der Waals surface area contributed by atoms with Crippen LogP contribution in [0.1, 0.15) is 29.5 Å². The average molecular weight is 512 g/mol. The molecule has 2 aromatic carbocycles. The SMILES string of the molecule is COc1c(O)ccc(C)c1O/C(=C(/O)C=O)c1ccc(CCCCN(C)CCN2CCN(C)CC2)cc1. The molecule has 1 aliphatic heterocycles. The second kappa shape index (κ2) is 14.0. The summed E-state index contributed by atoms with van der Waals surface area (Å²) >= 11 is 0. The number of carbonyl (C=O) groups excluding carboxylic acids is 1. The van der Waals surface area contributed by atoms with Crippen molar-refractivity contribution >= 4 is 12.0 Å². The Hall–Kier alpha value is -3.07. The molecule has 202 valence electrons. The molecule has 1 heterocycles. The van der Waals surface area contributed by atoms with Gasteiger partial charge in [-0.15, -0.1) is 0 Å². The van der Waals surface area contributed by atoms with E-state index >= 15 is 0 Å². The second-order valence-electron chi connectivity index (χ2n) is 9.80. The van der Waals surface area contributed by atoms with Crippen LogP contribution in [0.15, 0.2) is 42.2 Å². The van der Waals surface area contributed by atoms with Crippen LogP contribution in [0.3, 0.4) is 0 Å². The highest BCUT2D eigenvalue weighted by Gasteiger charge is 2.19. The van der Waals surface area contributed by atoms with Gasteiger partial charge in [-0.1, -0.05) is 30.3 Å². The minimum absolute atomic E-state index is 0.00975. The summed E-state index contributed by atoms with van der Waals surface area (Å²) in [6, 6.07) is 10.8. The van der Waals surface area contributed by atoms with E-state index in [0.717, 1.165) is 65.1 Å².